The number of carbonyl (C=O) groups is 3. The highest BCUT2D eigenvalue weighted by atomic mass is 32.1. The summed E-state index contributed by atoms with van der Waals surface area (Å²) in [5, 5.41) is 6.35. The van der Waals surface area contributed by atoms with Gasteiger partial charge in [-0.1, -0.05) is 0 Å². The highest BCUT2D eigenvalue weighted by Crippen LogP contribution is 2.10. The van der Waals surface area contributed by atoms with Crippen LogP contribution in [-0.2, 0) is 14.3 Å². The maximum Gasteiger partial charge on any atom is 0.252 e. The fourth-order valence-corrected chi connectivity index (χ4v) is 2.50. The van der Waals surface area contributed by atoms with Crippen molar-refractivity contribution in [3.8, 4) is 0 Å². The van der Waals surface area contributed by atoms with Gasteiger partial charge in [-0.25, -0.2) is 0 Å². The van der Waals surface area contributed by atoms with E-state index in [4.69, 9.17) is 4.74 Å². The highest BCUT2D eigenvalue weighted by molar-refractivity contribution is 7.08. The molecule has 0 spiro atoms. The minimum atomic E-state index is -0.135. The molecule has 7 heteroatoms. The van der Waals surface area contributed by atoms with Gasteiger partial charge >= 0.3 is 0 Å². The molecule has 0 radical (unpaired) electrons. The van der Waals surface area contributed by atoms with Crippen molar-refractivity contribution >= 4 is 29.1 Å². The molecule has 0 aliphatic carbocycles. The average molecular weight is 296 g/mol. The summed E-state index contributed by atoms with van der Waals surface area (Å²) in [6, 6.07) is 1.76. The molecule has 1 aromatic rings. The molecular weight excluding hydrogens is 280 g/mol. The number of likely N-dealkylation sites (tertiary alicyclic amines) is 1. The van der Waals surface area contributed by atoms with Crippen LogP contribution in [0.1, 0.15) is 23.2 Å². The van der Waals surface area contributed by atoms with Crippen LogP contribution in [0, 0.1) is 0 Å². The van der Waals surface area contributed by atoms with Gasteiger partial charge in [0.2, 0.25) is 11.8 Å². The summed E-state index contributed by atoms with van der Waals surface area (Å²) in [6.07, 6.45) is 0.602. The molecule has 6 nitrogen and oxygen atoms in total. The fourth-order valence-electron chi connectivity index (χ4n) is 1.86. The average Bonchev–Trinajstić information content (AvgIpc) is 3.06. The quantitative estimate of drug-likeness (QED) is 0.592. The molecule has 0 unspecified atom stereocenters. The van der Waals surface area contributed by atoms with Crippen LogP contribution in [0.15, 0.2) is 16.8 Å². The van der Waals surface area contributed by atoms with Crippen LogP contribution in [0.25, 0.3) is 0 Å². The molecule has 20 heavy (non-hydrogen) atoms. The third-order valence-electron chi connectivity index (χ3n) is 2.93. The first-order valence-corrected chi connectivity index (χ1v) is 7.34. The second-order valence-electron chi connectivity index (χ2n) is 4.32. The van der Waals surface area contributed by atoms with Crippen LogP contribution in [-0.4, -0.2) is 48.9 Å². The van der Waals surface area contributed by atoms with E-state index in [9.17, 15) is 14.4 Å². The summed E-state index contributed by atoms with van der Waals surface area (Å²) in [5.41, 5.74) is 0.642. The normalized spacial score (nSPS) is 14.9. The number of thiophene rings is 1. The number of nitrogens with one attached hydrogen (secondary N) is 1. The highest BCUT2D eigenvalue weighted by Gasteiger charge is 2.28. The molecule has 1 aromatic heterocycles. The van der Waals surface area contributed by atoms with Gasteiger partial charge in [-0.05, 0) is 11.4 Å². The second-order valence-corrected chi connectivity index (χ2v) is 5.10. The molecule has 0 atom stereocenters. The van der Waals surface area contributed by atoms with Crippen molar-refractivity contribution in [3.05, 3.63) is 22.4 Å². The number of hydrogen-bond acceptors (Lipinski definition) is 5. The van der Waals surface area contributed by atoms with Crippen molar-refractivity contribution < 1.29 is 19.1 Å². The summed E-state index contributed by atoms with van der Waals surface area (Å²) in [6.45, 7) is 1.34. The predicted molar refractivity (Wildman–Crippen MR) is 73.4 cm³/mol. The fraction of sp³-hybridized carbons (Fsp3) is 0.462. The van der Waals surface area contributed by atoms with E-state index in [-0.39, 0.29) is 24.3 Å². The van der Waals surface area contributed by atoms with E-state index in [1.54, 1.807) is 11.4 Å². The lowest BCUT2D eigenvalue weighted by Gasteiger charge is -2.13. The first-order valence-electron chi connectivity index (χ1n) is 6.40. The Morgan fingerprint density at radius 2 is 2.05 bits per heavy atom. The monoisotopic (exact) mass is 296 g/mol. The van der Waals surface area contributed by atoms with Crippen LogP contribution in [0.5, 0.6) is 0 Å². The number of hydrogen-bond donors (Lipinski definition) is 1. The van der Waals surface area contributed by atoms with Crippen LogP contribution < -0.4 is 5.32 Å². The second kappa shape index (κ2) is 7.16. The zero-order valence-corrected chi connectivity index (χ0v) is 11.8. The molecule has 1 aliphatic rings. The van der Waals surface area contributed by atoms with E-state index >= 15 is 0 Å². The lowest BCUT2D eigenvalue weighted by Crippen LogP contribution is -2.33. The Balaban J connectivity index is 1.55. The Kier molecular flexibility index (Phi) is 5.25. The van der Waals surface area contributed by atoms with E-state index in [1.807, 2.05) is 5.38 Å². The lowest BCUT2D eigenvalue weighted by molar-refractivity contribution is -0.139. The number of ether oxygens (including phenoxy) is 1. The molecule has 3 amide bonds. The Labute approximate surface area is 120 Å². The predicted octanol–water partition coefficient (Wildman–Crippen LogP) is 0.643. The maximum atomic E-state index is 11.6. The SMILES string of the molecule is O=C(NCCOCCN1C(=O)CCC1=O)c1ccsc1. The zero-order valence-electron chi connectivity index (χ0n) is 11.0. The van der Waals surface area contributed by atoms with E-state index in [1.165, 1.54) is 16.2 Å². The molecule has 0 aromatic carbocycles. The molecule has 1 aliphatic heterocycles. The Morgan fingerprint density at radius 3 is 2.70 bits per heavy atom. The minimum absolute atomic E-state index is 0.125. The number of rotatable bonds is 7. The smallest absolute Gasteiger partial charge is 0.252 e. The first kappa shape index (κ1) is 14.7. The van der Waals surface area contributed by atoms with Gasteiger partial charge < -0.3 is 10.1 Å². The third kappa shape index (κ3) is 3.88. The standard InChI is InChI=1S/C13H16N2O4S/c16-11-1-2-12(17)15(11)5-7-19-6-4-14-13(18)10-3-8-20-9-10/h3,8-9H,1-2,4-7H2,(H,14,18). The van der Waals surface area contributed by atoms with Crippen molar-refractivity contribution in [3.63, 3.8) is 0 Å². The molecule has 1 fully saturated rings. The topological polar surface area (TPSA) is 75.7 Å². The molecule has 2 heterocycles. The van der Waals surface area contributed by atoms with E-state index in [0.717, 1.165) is 0 Å². The van der Waals surface area contributed by atoms with Gasteiger partial charge in [0, 0.05) is 30.3 Å². The maximum absolute atomic E-state index is 11.6. The van der Waals surface area contributed by atoms with Crippen molar-refractivity contribution in [2.75, 3.05) is 26.3 Å². The van der Waals surface area contributed by atoms with Gasteiger partial charge in [-0.15, -0.1) is 0 Å². The van der Waals surface area contributed by atoms with Crippen molar-refractivity contribution in [2.45, 2.75) is 12.8 Å². The van der Waals surface area contributed by atoms with Crippen LogP contribution in [0.2, 0.25) is 0 Å². The summed E-state index contributed by atoms with van der Waals surface area (Å²) in [7, 11) is 0. The van der Waals surface area contributed by atoms with E-state index in [2.05, 4.69) is 5.32 Å². The summed E-state index contributed by atoms with van der Waals surface area (Å²) in [5.74, 6) is -0.395. The van der Waals surface area contributed by atoms with E-state index < -0.39 is 0 Å². The van der Waals surface area contributed by atoms with Crippen LogP contribution in [0.3, 0.4) is 0 Å². The summed E-state index contributed by atoms with van der Waals surface area (Å²) >= 11 is 1.47. The summed E-state index contributed by atoms with van der Waals surface area (Å²) in [4.78, 5) is 35.4. The Hall–Kier alpha value is -1.73. The van der Waals surface area contributed by atoms with Crippen molar-refractivity contribution in [1.82, 2.24) is 10.2 Å². The number of amides is 3. The molecular formula is C13H16N2O4S. The minimum Gasteiger partial charge on any atom is -0.378 e. The number of carbonyl (C=O) groups excluding carboxylic acids is 3. The van der Waals surface area contributed by atoms with Gasteiger partial charge in [-0.3, -0.25) is 19.3 Å². The molecule has 108 valence electrons. The molecule has 1 saturated heterocycles. The summed E-state index contributed by atoms with van der Waals surface area (Å²) < 4.78 is 5.30. The molecule has 0 saturated carbocycles. The molecule has 2 rings (SSSR count). The van der Waals surface area contributed by atoms with Crippen LogP contribution in [0.4, 0.5) is 0 Å². The van der Waals surface area contributed by atoms with Crippen molar-refractivity contribution in [2.24, 2.45) is 0 Å². The van der Waals surface area contributed by atoms with Gasteiger partial charge in [0.05, 0.1) is 19.8 Å². The van der Waals surface area contributed by atoms with Crippen LogP contribution >= 0.6 is 11.3 Å². The van der Waals surface area contributed by atoms with Gasteiger partial charge in [0.1, 0.15) is 0 Å². The van der Waals surface area contributed by atoms with Gasteiger partial charge in [0.25, 0.3) is 5.91 Å². The largest absolute Gasteiger partial charge is 0.378 e. The Morgan fingerprint density at radius 1 is 1.30 bits per heavy atom. The first-order chi connectivity index (χ1) is 9.68. The number of nitrogens with zero attached hydrogens (tertiary/aromatic N) is 1. The molecule has 1 N–H and O–H groups in total. The third-order valence-corrected chi connectivity index (χ3v) is 3.61. The Bertz CT molecular complexity index is 471. The van der Waals surface area contributed by atoms with E-state index in [0.29, 0.717) is 38.2 Å². The van der Waals surface area contributed by atoms with Gasteiger partial charge in [0.15, 0.2) is 0 Å². The zero-order chi connectivity index (χ0) is 14.4. The van der Waals surface area contributed by atoms with Crippen molar-refractivity contribution in [1.29, 1.82) is 0 Å². The van der Waals surface area contributed by atoms with Gasteiger partial charge in [-0.2, -0.15) is 11.3 Å². The number of imide groups is 1. The lowest BCUT2D eigenvalue weighted by atomic mass is 10.3. The molecule has 0 bridgehead atoms.